The summed E-state index contributed by atoms with van der Waals surface area (Å²) in [6.07, 6.45) is 1.78. The summed E-state index contributed by atoms with van der Waals surface area (Å²) in [5.41, 5.74) is 6.95. The van der Waals surface area contributed by atoms with E-state index < -0.39 is 0 Å². The summed E-state index contributed by atoms with van der Waals surface area (Å²) in [4.78, 5) is 4.71. The Hall–Kier alpha value is -1.59. The topological polar surface area (TPSA) is 65.1 Å². The summed E-state index contributed by atoms with van der Waals surface area (Å²) in [7, 11) is 4.30. The highest BCUT2D eigenvalue weighted by molar-refractivity contribution is 5.80. The number of hydrogen-bond acceptors (Lipinski definition) is 4. The van der Waals surface area contributed by atoms with Crippen LogP contribution in [-0.4, -0.2) is 54.6 Å². The Kier molecular flexibility index (Phi) is 5.59. The summed E-state index contributed by atoms with van der Waals surface area (Å²) < 4.78 is 0. The smallest absolute Gasteiger partial charge is 0.141 e. The van der Waals surface area contributed by atoms with Crippen LogP contribution < -0.4 is 5.73 Å². The molecular formula is C16H26N4O. The lowest BCUT2D eigenvalue weighted by molar-refractivity contribution is 0.209. The molecule has 2 unspecified atom stereocenters. The van der Waals surface area contributed by atoms with Crippen molar-refractivity contribution in [3.8, 4) is 0 Å². The Labute approximate surface area is 127 Å². The molecule has 1 fully saturated rings. The quantitative estimate of drug-likeness (QED) is 0.362. The van der Waals surface area contributed by atoms with Crippen molar-refractivity contribution < 1.29 is 5.21 Å². The molecule has 0 bridgehead atoms. The number of benzene rings is 1. The van der Waals surface area contributed by atoms with E-state index in [9.17, 15) is 0 Å². The number of amidine groups is 1. The number of oxime groups is 1. The van der Waals surface area contributed by atoms with E-state index in [0.717, 1.165) is 13.1 Å². The zero-order chi connectivity index (χ0) is 15.2. The standard InChI is InChI=1S/C16H26N4O/c1-19-9-8-13(11-19)12-20(2)15(10-16(17)18-21)14-6-4-3-5-7-14/h3-7,13,15,21H,8-12H2,1-2H3,(H2,17,18). The third-order valence-corrected chi connectivity index (χ3v) is 4.28. The van der Waals surface area contributed by atoms with Gasteiger partial charge in [0.1, 0.15) is 5.84 Å². The molecule has 1 aromatic carbocycles. The van der Waals surface area contributed by atoms with E-state index in [1.54, 1.807) is 0 Å². The molecule has 5 nitrogen and oxygen atoms in total. The molecule has 0 spiro atoms. The number of hydrogen-bond donors (Lipinski definition) is 2. The molecule has 1 aliphatic rings. The maximum absolute atomic E-state index is 8.87. The van der Waals surface area contributed by atoms with Crippen molar-refractivity contribution in [2.75, 3.05) is 33.7 Å². The fraction of sp³-hybridized carbons (Fsp3) is 0.562. The van der Waals surface area contributed by atoms with Crippen LogP contribution in [0.25, 0.3) is 0 Å². The molecule has 2 rings (SSSR count). The second kappa shape index (κ2) is 7.43. The van der Waals surface area contributed by atoms with Crippen molar-refractivity contribution in [1.82, 2.24) is 9.80 Å². The average molecular weight is 290 g/mol. The van der Waals surface area contributed by atoms with E-state index in [2.05, 4.69) is 41.2 Å². The number of rotatable bonds is 6. The molecule has 21 heavy (non-hydrogen) atoms. The molecule has 0 aliphatic carbocycles. The molecule has 0 radical (unpaired) electrons. The second-order valence-electron chi connectivity index (χ2n) is 6.08. The van der Waals surface area contributed by atoms with Crippen molar-refractivity contribution in [1.29, 1.82) is 0 Å². The first-order chi connectivity index (χ1) is 10.1. The molecule has 1 saturated heterocycles. The van der Waals surface area contributed by atoms with E-state index in [0.29, 0.717) is 12.3 Å². The van der Waals surface area contributed by atoms with Gasteiger partial charge in [0.25, 0.3) is 0 Å². The van der Waals surface area contributed by atoms with Crippen LogP contribution in [0.4, 0.5) is 0 Å². The van der Waals surface area contributed by atoms with Crippen LogP contribution >= 0.6 is 0 Å². The Balaban J connectivity index is 2.07. The van der Waals surface area contributed by atoms with Crippen LogP contribution in [0.3, 0.4) is 0 Å². The molecule has 0 amide bonds. The molecule has 1 heterocycles. The molecule has 2 atom stereocenters. The highest BCUT2D eigenvalue weighted by Crippen LogP contribution is 2.26. The lowest BCUT2D eigenvalue weighted by Gasteiger charge is -2.30. The lowest BCUT2D eigenvalue weighted by atomic mass is 10.00. The van der Waals surface area contributed by atoms with Gasteiger partial charge in [-0.1, -0.05) is 35.5 Å². The van der Waals surface area contributed by atoms with Gasteiger partial charge >= 0.3 is 0 Å². The lowest BCUT2D eigenvalue weighted by Crippen LogP contribution is -2.33. The molecule has 0 aromatic heterocycles. The van der Waals surface area contributed by atoms with Crippen LogP contribution in [0.2, 0.25) is 0 Å². The maximum Gasteiger partial charge on any atom is 0.141 e. The van der Waals surface area contributed by atoms with Crippen LogP contribution in [0.1, 0.15) is 24.4 Å². The van der Waals surface area contributed by atoms with Crippen LogP contribution in [-0.2, 0) is 0 Å². The first-order valence-corrected chi connectivity index (χ1v) is 7.50. The number of likely N-dealkylation sites (tertiary alicyclic amines) is 1. The fourth-order valence-corrected chi connectivity index (χ4v) is 3.15. The summed E-state index contributed by atoms with van der Waals surface area (Å²) in [6.45, 7) is 3.35. The third-order valence-electron chi connectivity index (χ3n) is 4.28. The zero-order valence-electron chi connectivity index (χ0n) is 12.9. The van der Waals surface area contributed by atoms with Gasteiger partial charge < -0.3 is 15.8 Å². The predicted molar refractivity (Wildman–Crippen MR) is 85.4 cm³/mol. The van der Waals surface area contributed by atoms with Gasteiger partial charge in [-0.05, 0) is 38.5 Å². The van der Waals surface area contributed by atoms with Gasteiger partial charge in [0.05, 0.1) is 0 Å². The highest BCUT2D eigenvalue weighted by Gasteiger charge is 2.25. The summed E-state index contributed by atoms with van der Waals surface area (Å²) >= 11 is 0. The monoisotopic (exact) mass is 290 g/mol. The van der Waals surface area contributed by atoms with Crippen LogP contribution in [0, 0.1) is 5.92 Å². The van der Waals surface area contributed by atoms with Gasteiger partial charge in [-0.15, -0.1) is 0 Å². The Bertz CT molecular complexity index is 463. The molecule has 0 saturated carbocycles. The van der Waals surface area contributed by atoms with Crippen molar-refractivity contribution >= 4 is 5.84 Å². The normalized spacial score (nSPS) is 21.9. The number of nitrogens with two attached hydrogens (primary N) is 1. The van der Waals surface area contributed by atoms with Crippen LogP contribution in [0.15, 0.2) is 35.5 Å². The van der Waals surface area contributed by atoms with Crippen molar-refractivity contribution in [2.45, 2.75) is 18.9 Å². The molecular weight excluding hydrogens is 264 g/mol. The molecule has 5 heteroatoms. The van der Waals surface area contributed by atoms with E-state index in [-0.39, 0.29) is 11.9 Å². The van der Waals surface area contributed by atoms with Gasteiger partial charge in [0.2, 0.25) is 0 Å². The highest BCUT2D eigenvalue weighted by atomic mass is 16.4. The number of nitrogens with zero attached hydrogens (tertiary/aromatic N) is 3. The van der Waals surface area contributed by atoms with E-state index in [4.69, 9.17) is 10.9 Å². The second-order valence-corrected chi connectivity index (χ2v) is 6.08. The average Bonchev–Trinajstić information content (AvgIpc) is 2.90. The van der Waals surface area contributed by atoms with E-state index in [1.807, 2.05) is 18.2 Å². The van der Waals surface area contributed by atoms with Gasteiger partial charge in [0, 0.05) is 25.6 Å². The first-order valence-electron chi connectivity index (χ1n) is 7.50. The Morgan fingerprint density at radius 3 is 2.76 bits per heavy atom. The Morgan fingerprint density at radius 1 is 1.48 bits per heavy atom. The van der Waals surface area contributed by atoms with E-state index >= 15 is 0 Å². The van der Waals surface area contributed by atoms with Crippen molar-refractivity contribution in [3.05, 3.63) is 35.9 Å². The Morgan fingerprint density at radius 2 is 2.19 bits per heavy atom. The molecule has 116 valence electrons. The molecule has 1 aromatic rings. The summed E-state index contributed by atoms with van der Waals surface area (Å²) in [5.74, 6) is 0.970. The van der Waals surface area contributed by atoms with E-state index in [1.165, 1.54) is 18.5 Å². The largest absolute Gasteiger partial charge is 0.409 e. The zero-order valence-corrected chi connectivity index (χ0v) is 12.9. The first kappa shape index (κ1) is 15.8. The molecule has 3 N–H and O–H groups in total. The van der Waals surface area contributed by atoms with Gasteiger partial charge in [0.15, 0.2) is 0 Å². The minimum absolute atomic E-state index is 0.146. The molecule has 1 aliphatic heterocycles. The minimum atomic E-state index is 0.146. The fourth-order valence-electron chi connectivity index (χ4n) is 3.15. The minimum Gasteiger partial charge on any atom is -0.409 e. The third kappa shape index (κ3) is 4.44. The maximum atomic E-state index is 8.87. The SMILES string of the molecule is CN1CCC(CN(C)C(CC(N)=NO)c2ccccc2)C1. The van der Waals surface area contributed by atoms with Crippen molar-refractivity contribution in [2.24, 2.45) is 16.8 Å². The van der Waals surface area contributed by atoms with Crippen LogP contribution in [0.5, 0.6) is 0 Å². The van der Waals surface area contributed by atoms with Gasteiger partial charge in [-0.3, -0.25) is 4.90 Å². The van der Waals surface area contributed by atoms with Crippen molar-refractivity contribution in [3.63, 3.8) is 0 Å². The van der Waals surface area contributed by atoms with Gasteiger partial charge in [-0.25, -0.2) is 0 Å². The summed E-state index contributed by atoms with van der Waals surface area (Å²) in [6, 6.07) is 10.4. The summed E-state index contributed by atoms with van der Waals surface area (Å²) in [5, 5.41) is 12.0. The van der Waals surface area contributed by atoms with Gasteiger partial charge in [-0.2, -0.15) is 0 Å². The predicted octanol–water partition coefficient (Wildman–Crippen LogP) is 1.75.